The van der Waals surface area contributed by atoms with E-state index in [1.165, 1.54) is 0 Å². The van der Waals surface area contributed by atoms with Crippen LogP contribution in [0.15, 0.2) is 107 Å². The van der Waals surface area contributed by atoms with Gasteiger partial charge in [-0.15, -0.1) is 0 Å². The van der Waals surface area contributed by atoms with Crippen LogP contribution >= 0.6 is 23.2 Å². The van der Waals surface area contributed by atoms with Crippen molar-refractivity contribution < 1.29 is 19.3 Å². The largest absolute Gasteiger partial charge is 0.356 e. The van der Waals surface area contributed by atoms with Crippen molar-refractivity contribution in [2.75, 3.05) is 0 Å². The van der Waals surface area contributed by atoms with Crippen molar-refractivity contribution in [3.63, 3.8) is 0 Å². The number of carbonyl (C=O) groups excluding carboxylic acids is 2. The third-order valence-electron chi connectivity index (χ3n) is 5.15. The van der Waals surface area contributed by atoms with Crippen LogP contribution in [0.3, 0.4) is 0 Å². The first kappa shape index (κ1) is 30.3. The van der Waals surface area contributed by atoms with E-state index in [1.807, 2.05) is 27.7 Å². The van der Waals surface area contributed by atoms with E-state index in [1.54, 1.807) is 97.1 Å². The summed E-state index contributed by atoms with van der Waals surface area (Å²) in [6.45, 7) is 7.27. The van der Waals surface area contributed by atoms with Crippen LogP contribution in [0.4, 0.5) is 0 Å². The van der Waals surface area contributed by atoms with Gasteiger partial charge in [-0.1, -0.05) is 82.0 Å². The standard InChI is InChI=1S/2C16H14ClNO2/c2*1-11(2)18-20-15-10-6-4-8-13(15)16(19)12-7-3-5-9-14(12)17/h2*3-10H,1-2H3. The van der Waals surface area contributed by atoms with Gasteiger partial charge in [0.2, 0.25) is 0 Å². The zero-order chi connectivity index (χ0) is 29.1. The van der Waals surface area contributed by atoms with E-state index in [0.717, 1.165) is 11.4 Å². The molecule has 0 aliphatic heterocycles. The zero-order valence-electron chi connectivity index (χ0n) is 22.5. The van der Waals surface area contributed by atoms with Gasteiger partial charge in [-0.2, -0.15) is 0 Å². The molecule has 4 aromatic carbocycles. The van der Waals surface area contributed by atoms with Crippen LogP contribution in [0.2, 0.25) is 10.0 Å². The number of hydrogen-bond acceptors (Lipinski definition) is 6. The molecule has 0 saturated heterocycles. The molecule has 0 saturated carbocycles. The average molecular weight is 575 g/mol. The minimum atomic E-state index is -0.185. The molecule has 0 fully saturated rings. The summed E-state index contributed by atoms with van der Waals surface area (Å²) in [6.07, 6.45) is 0. The van der Waals surface area contributed by atoms with E-state index in [0.29, 0.717) is 43.8 Å². The minimum absolute atomic E-state index is 0.185. The normalized spacial score (nSPS) is 9.95. The molecule has 0 amide bonds. The molecule has 0 N–H and O–H groups in total. The van der Waals surface area contributed by atoms with Crippen molar-refractivity contribution in [2.24, 2.45) is 10.3 Å². The molecule has 40 heavy (non-hydrogen) atoms. The number of carbonyl (C=O) groups is 2. The summed E-state index contributed by atoms with van der Waals surface area (Å²) in [6, 6.07) is 27.8. The van der Waals surface area contributed by atoms with E-state index in [9.17, 15) is 9.59 Å². The van der Waals surface area contributed by atoms with Crippen molar-refractivity contribution in [3.8, 4) is 11.5 Å². The summed E-state index contributed by atoms with van der Waals surface area (Å²) in [5.74, 6) is 0.461. The molecule has 6 nitrogen and oxygen atoms in total. The summed E-state index contributed by atoms with van der Waals surface area (Å²) in [5, 5.41) is 8.61. The highest BCUT2D eigenvalue weighted by atomic mass is 35.5. The highest BCUT2D eigenvalue weighted by Crippen LogP contribution is 2.26. The van der Waals surface area contributed by atoms with Gasteiger partial charge in [0.15, 0.2) is 23.1 Å². The van der Waals surface area contributed by atoms with Gasteiger partial charge in [0.05, 0.1) is 32.6 Å². The monoisotopic (exact) mass is 574 g/mol. The van der Waals surface area contributed by atoms with Crippen LogP contribution in [0.5, 0.6) is 11.5 Å². The first-order valence-corrected chi connectivity index (χ1v) is 13.1. The number of hydrogen-bond donors (Lipinski definition) is 0. The third-order valence-corrected chi connectivity index (χ3v) is 5.81. The molecule has 0 aliphatic rings. The lowest BCUT2D eigenvalue weighted by atomic mass is 10.0. The lowest BCUT2D eigenvalue weighted by molar-refractivity contribution is 0.102. The summed E-state index contributed by atoms with van der Waals surface area (Å²) < 4.78 is 0. The summed E-state index contributed by atoms with van der Waals surface area (Å²) in [5.41, 5.74) is 3.30. The highest BCUT2D eigenvalue weighted by Gasteiger charge is 2.18. The molecule has 0 heterocycles. The van der Waals surface area contributed by atoms with Gasteiger partial charge >= 0.3 is 0 Å². The second kappa shape index (κ2) is 14.8. The Kier molecular flexibility index (Phi) is 11.2. The molecule has 0 unspecified atom stereocenters. The lowest BCUT2D eigenvalue weighted by Gasteiger charge is -2.07. The number of nitrogens with zero attached hydrogens (tertiary/aromatic N) is 2. The van der Waals surface area contributed by atoms with Crippen LogP contribution in [0.25, 0.3) is 0 Å². The molecule has 0 aliphatic carbocycles. The maximum Gasteiger partial charge on any atom is 0.198 e. The van der Waals surface area contributed by atoms with Crippen LogP contribution in [0, 0.1) is 0 Å². The first-order valence-electron chi connectivity index (χ1n) is 12.3. The smallest absolute Gasteiger partial charge is 0.198 e. The number of benzene rings is 4. The molecule has 0 radical (unpaired) electrons. The number of rotatable bonds is 8. The van der Waals surface area contributed by atoms with Crippen molar-refractivity contribution >= 4 is 46.2 Å². The van der Waals surface area contributed by atoms with Crippen LogP contribution < -0.4 is 9.68 Å². The number of halogens is 2. The summed E-state index contributed by atoms with van der Waals surface area (Å²) >= 11 is 12.1. The topological polar surface area (TPSA) is 77.3 Å². The molecule has 8 heteroatoms. The Morgan fingerprint density at radius 3 is 1.12 bits per heavy atom. The Morgan fingerprint density at radius 1 is 0.500 bits per heavy atom. The zero-order valence-corrected chi connectivity index (χ0v) is 24.0. The molecule has 0 atom stereocenters. The maximum absolute atomic E-state index is 12.5. The van der Waals surface area contributed by atoms with Crippen molar-refractivity contribution in [1.29, 1.82) is 0 Å². The number of para-hydroxylation sites is 2. The predicted octanol–water partition coefficient (Wildman–Crippen LogP) is 8.69. The fraction of sp³-hybridized carbons (Fsp3) is 0.125. The predicted molar refractivity (Wildman–Crippen MR) is 161 cm³/mol. The Labute approximate surface area is 243 Å². The quantitative estimate of drug-likeness (QED) is 0.120. The van der Waals surface area contributed by atoms with Crippen molar-refractivity contribution in [2.45, 2.75) is 27.7 Å². The van der Waals surface area contributed by atoms with Crippen LogP contribution in [-0.4, -0.2) is 23.0 Å². The molecular formula is C32H28Cl2N2O4. The van der Waals surface area contributed by atoms with Crippen LogP contribution in [-0.2, 0) is 0 Å². The van der Waals surface area contributed by atoms with E-state index in [4.69, 9.17) is 32.9 Å². The fourth-order valence-electron chi connectivity index (χ4n) is 3.33. The Morgan fingerprint density at radius 2 is 0.800 bits per heavy atom. The Hall–Kier alpha value is -4.26. The number of oxime groups is 2. The van der Waals surface area contributed by atoms with Gasteiger partial charge in [-0.05, 0) is 76.2 Å². The van der Waals surface area contributed by atoms with Crippen LogP contribution in [0.1, 0.15) is 59.5 Å². The fourth-order valence-corrected chi connectivity index (χ4v) is 3.77. The van der Waals surface area contributed by atoms with Gasteiger partial charge in [0.25, 0.3) is 0 Å². The Balaban J connectivity index is 0.000000220. The molecule has 4 rings (SSSR count). The molecule has 0 spiro atoms. The molecule has 204 valence electrons. The van der Waals surface area contributed by atoms with Gasteiger partial charge < -0.3 is 9.68 Å². The number of ketones is 2. The summed E-state index contributed by atoms with van der Waals surface area (Å²) in [7, 11) is 0. The second-order valence-corrected chi connectivity index (χ2v) is 9.68. The van der Waals surface area contributed by atoms with Gasteiger partial charge in [0, 0.05) is 11.1 Å². The van der Waals surface area contributed by atoms with E-state index >= 15 is 0 Å². The summed E-state index contributed by atoms with van der Waals surface area (Å²) in [4.78, 5) is 35.6. The van der Waals surface area contributed by atoms with Gasteiger partial charge in [-0.3, -0.25) is 9.59 Å². The average Bonchev–Trinajstić information content (AvgIpc) is 2.95. The lowest BCUT2D eigenvalue weighted by Crippen LogP contribution is -2.04. The van der Waals surface area contributed by atoms with E-state index in [-0.39, 0.29) is 11.6 Å². The molecule has 0 bridgehead atoms. The SMILES string of the molecule is CC(C)=NOc1ccccc1C(=O)c1ccccc1Cl.CC(C)=NOc1ccccc1C(=O)c1ccccc1Cl. The van der Waals surface area contributed by atoms with Gasteiger partial charge in [0.1, 0.15) is 0 Å². The first-order chi connectivity index (χ1) is 19.2. The molecule has 4 aromatic rings. The third kappa shape index (κ3) is 8.37. The van der Waals surface area contributed by atoms with E-state index < -0.39 is 0 Å². The Bertz CT molecular complexity index is 1440. The second-order valence-electron chi connectivity index (χ2n) is 8.87. The van der Waals surface area contributed by atoms with E-state index in [2.05, 4.69) is 10.3 Å². The van der Waals surface area contributed by atoms with Crippen molar-refractivity contribution in [1.82, 2.24) is 0 Å². The minimum Gasteiger partial charge on any atom is -0.356 e. The molecular weight excluding hydrogens is 547 g/mol. The highest BCUT2D eigenvalue weighted by molar-refractivity contribution is 6.35. The van der Waals surface area contributed by atoms with Gasteiger partial charge in [-0.25, -0.2) is 0 Å². The van der Waals surface area contributed by atoms with Crippen molar-refractivity contribution in [3.05, 3.63) is 129 Å². The maximum atomic E-state index is 12.5. The molecule has 0 aromatic heterocycles.